The van der Waals surface area contributed by atoms with Gasteiger partial charge in [-0.15, -0.1) is 0 Å². The molecular weight excluding hydrogens is 252 g/mol. The maximum atomic E-state index is 10.8. The van der Waals surface area contributed by atoms with Crippen molar-refractivity contribution < 1.29 is 9.90 Å². The van der Waals surface area contributed by atoms with Gasteiger partial charge in [0.25, 0.3) is 0 Å². The SMILES string of the molecule is N#Cc1ccc(NC(CC(=O)O)C2CC2)c(Cl)c1. The summed E-state index contributed by atoms with van der Waals surface area (Å²) in [6.07, 6.45) is 2.19. The summed E-state index contributed by atoms with van der Waals surface area (Å²) < 4.78 is 0. The second-order valence-corrected chi connectivity index (χ2v) is 4.90. The molecule has 0 spiro atoms. The van der Waals surface area contributed by atoms with Gasteiger partial charge in [0.05, 0.1) is 28.8 Å². The highest BCUT2D eigenvalue weighted by Crippen LogP contribution is 2.36. The molecular formula is C13H13ClN2O2. The van der Waals surface area contributed by atoms with Gasteiger partial charge in [-0.25, -0.2) is 0 Å². The number of anilines is 1. The van der Waals surface area contributed by atoms with Crippen LogP contribution in [0.3, 0.4) is 0 Å². The van der Waals surface area contributed by atoms with E-state index in [-0.39, 0.29) is 12.5 Å². The highest BCUT2D eigenvalue weighted by atomic mass is 35.5. The molecule has 1 aromatic rings. The van der Waals surface area contributed by atoms with Gasteiger partial charge in [0.1, 0.15) is 0 Å². The van der Waals surface area contributed by atoms with Crippen LogP contribution in [0.15, 0.2) is 18.2 Å². The normalized spacial score (nSPS) is 15.8. The number of benzene rings is 1. The Kier molecular flexibility index (Phi) is 3.73. The molecule has 1 fully saturated rings. The van der Waals surface area contributed by atoms with Crippen LogP contribution >= 0.6 is 11.6 Å². The molecule has 4 nitrogen and oxygen atoms in total. The fourth-order valence-corrected chi connectivity index (χ4v) is 2.16. The zero-order valence-corrected chi connectivity index (χ0v) is 10.4. The zero-order valence-electron chi connectivity index (χ0n) is 9.69. The van der Waals surface area contributed by atoms with Crippen LogP contribution in [0, 0.1) is 17.2 Å². The van der Waals surface area contributed by atoms with Gasteiger partial charge in [0, 0.05) is 6.04 Å². The van der Waals surface area contributed by atoms with Crippen LogP contribution in [0.5, 0.6) is 0 Å². The molecule has 0 saturated heterocycles. The van der Waals surface area contributed by atoms with E-state index >= 15 is 0 Å². The van der Waals surface area contributed by atoms with Gasteiger partial charge in [-0.05, 0) is 37.0 Å². The van der Waals surface area contributed by atoms with Gasteiger partial charge in [-0.3, -0.25) is 4.79 Å². The molecule has 0 radical (unpaired) electrons. The predicted molar refractivity (Wildman–Crippen MR) is 68.6 cm³/mol. The van der Waals surface area contributed by atoms with Crippen molar-refractivity contribution >= 4 is 23.3 Å². The van der Waals surface area contributed by atoms with Crippen molar-refractivity contribution in [2.45, 2.75) is 25.3 Å². The Bertz CT molecular complexity index is 506. The molecule has 0 aliphatic heterocycles. The molecule has 0 amide bonds. The molecule has 0 aromatic heterocycles. The second-order valence-electron chi connectivity index (χ2n) is 4.49. The van der Waals surface area contributed by atoms with Gasteiger partial charge in [0.2, 0.25) is 0 Å². The van der Waals surface area contributed by atoms with E-state index in [9.17, 15) is 4.79 Å². The summed E-state index contributed by atoms with van der Waals surface area (Å²) in [6, 6.07) is 6.88. The van der Waals surface area contributed by atoms with Gasteiger partial charge < -0.3 is 10.4 Å². The number of carbonyl (C=O) groups is 1. The maximum Gasteiger partial charge on any atom is 0.305 e. The Morgan fingerprint density at radius 3 is 2.83 bits per heavy atom. The van der Waals surface area contributed by atoms with E-state index in [4.69, 9.17) is 22.0 Å². The average Bonchev–Trinajstić information content (AvgIpc) is 3.14. The lowest BCUT2D eigenvalue weighted by atomic mass is 10.1. The van der Waals surface area contributed by atoms with E-state index in [1.54, 1.807) is 18.2 Å². The summed E-state index contributed by atoms with van der Waals surface area (Å²) in [5.74, 6) is -0.406. The third-order valence-corrected chi connectivity index (χ3v) is 3.34. The van der Waals surface area contributed by atoms with Gasteiger partial charge >= 0.3 is 5.97 Å². The topological polar surface area (TPSA) is 73.1 Å². The first-order chi connectivity index (χ1) is 8.60. The van der Waals surface area contributed by atoms with Crippen molar-refractivity contribution in [2.75, 3.05) is 5.32 Å². The quantitative estimate of drug-likeness (QED) is 0.858. The maximum absolute atomic E-state index is 10.8. The van der Waals surface area contributed by atoms with Crippen molar-refractivity contribution in [3.8, 4) is 6.07 Å². The molecule has 1 unspecified atom stereocenters. The number of hydrogen-bond donors (Lipinski definition) is 2. The number of carboxylic acids is 1. The molecule has 1 atom stereocenters. The number of nitriles is 1. The van der Waals surface area contributed by atoms with Crippen molar-refractivity contribution in [3.63, 3.8) is 0 Å². The van der Waals surface area contributed by atoms with Gasteiger partial charge in [-0.1, -0.05) is 11.6 Å². The largest absolute Gasteiger partial charge is 0.481 e. The molecule has 1 aliphatic carbocycles. The fourth-order valence-electron chi connectivity index (χ4n) is 1.92. The van der Waals surface area contributed by atoms with Gasteiger partial charge in [-0.2, -0.15) is 5.26 Å². The Morgan fingerprint density at radius 1 is 1.61 bits per heavy atom. The van der Waals surface area contributed by atoms with Crippen LogP contribution in [-0.4, -0.2) is 17.1 Å². The first-order valence-electron chi connectivity index (χ1n) is 5.78. The minimum absolute atomic E-state index is 0.0843. The van der Waals surface area contributed by atoms with Crippen molar-refractivity contribution in [2.24, 2.45) is 5.92 Å². The average molecular weight is 265 g/mol. The molecule has 0 heterocycles. The van der Waals surface area contributed by atoms with E-state index < -0.39 is 5.97 Å². The minimum atomic E-state index is -0.816. The highest BCUT2D eigenvalue weighted by Gasteiger charge is 2.32. The first-order valence-corrected chi connectivity index (χ1v) is 6.16. The number of halogens is 1. The van der Waals surface area contributed by atoms with Crippen LogP contribution < -0.4 is 5.32 Å². The Balaban J connectivity index is 2.11. The Hall–Kier alpha value is -1.73. The predicted octanol–water partition coefficient (Wildman–Crippen LogP) is 2.88. The lowest BCUT2D eigenvalue weighted by Gasteiger charge is -2.18. The second kappa shape index (κ2) is 5.28. The summed E-state index contributed by atoms with van der Waals surface area (Å²) in [5.41, 5.74) is 1.18. The van der Waals surface area contributed by atoms with E-state index in [0.717, 1.165) is 12.8 Å². The molecule has 18 heavy (non-hydrogen) atoms. The van der Waals surface area contributed by atoms with Crippen LogP contribution in [0.25, 0.3) is 0 Å². The summed E-state index contributed by atoms with van der Waals surface area (Å²) in [6.45, 7) is 0. The summed E-state index contributed by atoms with van der Waals surface area (Å²) >= 11 is 6.05. The van der Waals surface area contributed by atoms with Crippen LogP contribution in [0.1, 0.15) is 24.8 Å². The number of hydrogen-bond acceptors (Lipinski definition) is 3. The van der Waals surface area contributed by atoms with Crippen LogP contribution in [0.2, 0.25) is 5.02 Å². The number of nitrogens with zero attached hydrogens (tertiary/aromatic N) is 1. The summed E-state index contributed by atoms with van der Waals surface area (Å²) in [4.78, 5) is 10.8. The Morgan fingerprint density at radius 2 is 2.33 bits per heavy atom. The number of aliphatic carboxylic acids is 1. The van der Waals surface area contributed by atoms with E-state index in [0.29, 0.717) is 22.2 Å². The Labute approximate surface area is 110 Å². The molecule has 94 valence electrons. The van der Waals surface area contributed by atoms with E-state index in [1.807, 2.05) is 6.07 Å². The first kappa shape index (κ1) is 12.7. The van der Waals surface area contributed by atoms with Crippen LogP contribution in [0.4, 0.5) is 5.69 Å². The summed E-state index contributed by atoms with van der Waals surface area (Å²) in [5, 5.41) is 21.2. The lowest BCUT2D eigenvalue weighted by molar-refractivity contribution is -0.137. The summed E-state index contributed by atoms with van der Waals surface area (Å²) in [7, 11) is 0. The smallest absolute Gasteiger partial charge is 0.305 e. The lowest BCUT2D eigenvalue weighted by Crippen LogP contribution is -2.25. The zero-order chi connectivity index (χ0) is 13.1. The highest BCUT2D eigenvalue weighted by molar-refractivity contribution is 6.33. The molecule has 1 aromatic carbocycles. The van der Waals surface area contributed by atoms with Crippen molar-refractivity contribution in [3.05, 3.63) is 28.8 Å². The third-order valence-electron chi connectivity index (χ3n) is 3.02. The molecule has 2 N–H and O–H groups in total. The van der Waals surface area contributed by atoms with Crippen LogP contribution in [-0.2, 0) is 4.79 Å². The molecule has 0 bridgehead atoms. The molecule has 5 heteroatoms. The van der Waals surface area contributed by atoms with Gasteiger partial charge in [0.15, 0.2) is 0 Å². The van der Waals surface area contributed by atoms with E-state index in [2.05, 4.69) is 5.32 Å². The third kappa shape index (κ3) is 3.14. The fraction of sp³-hybridized carbons (Fsp3) is 0.385. The number of carboxylic acid groups (broad SMARTS) is 1. The van der Waals surface area contributed by atoms with Crippen molar-refractivity contribution in [1.82, 2.24) is 0 Å². The monoisotopic (exact) mass is 264 g/mol. The minimum Gasteiger partial charge on any atom is -0.481 e. The standard InChI is InChI=1S/C13H13ClN2O2/c14-10-5-8(7-15)1-4-11(10)16-12(6-13(17)18)9-2-3-9/h1,4-5,9,12,16H,2-3,6H2,(H,17,18). The number of rotatable bonds is 5. The van der Waals surface area contributed by atoms with Crippen molar-refractivity contribution in [1.29, 1.82) is 5.26 Å². The molecule has 1 saturated carbocycles. The number of nitrogens with one attached hydrogen (secondary N) is 1. The molecule has 2 rings (SSSR count). The van der Waals surface area contributed by atoms with E-state index in [1.165, 1.54) is 0 Å². The molecule has 1 aliphatic rings.